The summed E-state index contributed by atoms with van der Waals surface area (Å²) in [4.78, 5) is 32.2. The van der Waals surface area contributed by atoms with Crippen LogP contribution in [0, 0.1) is 5.92 Å². The van der Waals surface area contributed by atoms with Crippen molar-refractivity contribution in [2.45, 2.75) is 45.2 Å². The monoisotopic (exact) mass is 362 g/mol. The van der Waals surface area contributed by atoms with Crippen LogP contribution in [-0.2, 0) is 9.53 Å². The number of likely N-dealkylation sites (tertiary alicyclic amines) is 2. The zero-order valence-corrected chi connectivity index (χ0v) is 15.2. The van der Waals surface area contributed by atoms with Crippen LogP contribution < -0.4 is 5.48 Å². The number of hydrogen-bond acceptors (Lipinski definition) is 6. The fourth-order valence-electron chi connectivity index (χ4n) is 3.34. The molecule has 2 unspecified atom stereocenters. The van der Waals surface area contributed by atoms with Gasteiger partial charge in [0.25, 0.3) is 5.91 Å². The average molecular weight is 362 g/mol. The Hall–Kier alpha value is -2.35. The number of carbonyl (C=O) groups is 2. The molecule has 0 saturated carbocycles. The summed E-state index contributed by atoms with van der Waals surface area (Å²) in [5, 5.41) is 8.81. The Morgan fingerprint density at radius 3 is 2.85 bits per heavy atom. The molecule has 0 aromatic heterocycles. The molecule has 3 aliphatic heterocycles. The van der Waals surface area contributed by atoms with E-state index in [1.54, 1.807) is 16.5 Å². The number of hydroxylamine groups is 1. The van der Waals surface area contributed by atoms with Gasteiger partial charge in [-0.25, -0.2) is 15.3 Å². The summed E-state index contributed by atoms with van der Waals surface area (Å²) in [7, 11) is 0. The van der Waals surface area contributed by atoms with Crippen LogP contribution >= 0.6 is 0 Å². The van der Waals surface area contributed by atoms with Crippen LogP contribution in [0.25, 0.3) is 0 Å². The lowest BCUT2D eigenvalue weighted by Gasteiger charge is -2.62. The summed E-state index contributed by atoms with van der Waals surface area (Å²) in [5.41, 5.74) is 1.96. The molecule has 2 atom stereocenters. The van der Waals surface area contributed by atoms with Crippen molar-refractivity contribution >= 4 is 17.8 Å². The highest BCUT2D eigenvalue weighted by Gasteiger charge is 2.54. The second kappa shape index (κ2) is 7.90. The number of nitrogens with zero attached hydrogens (tertiary/aromatic N) is 3. The molecule has 0 spiro atoms. The van der Waals surface area contributed by atoms with Gasteiger partial charge < -0.3 is 9.64 Å². The van der Waals surface area contributed by atoms with Gasteiger partial charge in [-0.15, -0.1) is 0 Å². The van der Waals surface area contributed by atoms with E-state index in [-0.39, 0.29) is 18.2 Å². The van der Waals surface area contributed by atoms with Gasteiger partial charge in [-0.1, -0.05) is 26.0 Å². The number of aliphatic imine (C=N–C) groups is 1. The minimum atomic E-state index is -0.574. The van der Waals surface area contributed by atoms with Gasteiger partial charge in [0.1, 0.15) is 5.84 Å². The molecule has 0 bridgehead atoms. The van der Waals surface area contributed by atoms with Gasteiger partial charge in [0.05, 0.1) is 24.3 Å². The quantitative estimate of drug-likeness (QED) is 0.588. The van der Waals surface area contributed by atoms with Crippen molar-refractivity contribution in [3.8, 4) is 0 Å². The highest BCUT2D eigenvalue weighted by Crippen LogP contribution is 2.35. The molecule has 2 amide bonds. The lowest BCUT2D eigenvalue weighted by atomic mass is 9.85. The van der Waals surface area contributed by atoms with E-state index in [9.17, 15) is 9.59 Å². The highest BCUT2D eigenvalue weighted by molar-refractivity contribution is 5.96. The number of ether oxygens (including phenoxy) is 1. The fraction of sp³-hybridized carbons (Fsp3) is 0.611. The lowest BCUT2D eigenvalue weighted by Crippen LogP contribution is -2.80. The Balaban J connectivity index is 1.60. The molecule has 0 aromatic rings. The second-order valence-corrected chi connectivity index (χ2v) is 7.28. The molecule has 8 nitrogen and oxygen atoms in total. The Morgan fingerprint density at radius 2 is 2.19 bits per heavy atom. The maximum Gasteiger partial charge on any atom is 0.410 e. The van der Waals surface area contributed by atoms with Crippen LogP contribution in [-0.4, -0.2) is 64.6 Å². The maximum absolute atomic E-state index is 12.1. The van der Waals surface area contributed by atoms with Crippen LogP contribution in [0.2, 0.25) is 0 Å². The normalized spacial score (nSPS) is 26.9. The molecule has 3 heterocycles. The summed E-state index contributed by atoms with van der Waals surface area (Å²) in [6, 6.07) is 0.463. The van der Waals surface area contributed by atoms with E-state index in [2.05, 4.69) is 9.89 Å². The van der Waals surface area contributed by atoms with Gasteiger partial charge in [-0.05, 0) is 18.8 Å². The molecular formula is C18H26N4O4. The molecule has 2 saturated heterocycles. The average Bonchev–Trinajstić information content (AvgIpc) is 2.73. The minimum absolute atomic E-state index is 0.187. The van der Waals surface area contributed by atoms with E-state index in [1.807, 2.05) is 19.9 Å². The number of hydrogen-bond donors (Lipinski definition) is 2. The number of piperazine rings is 1. The van der Waals surface area contributed by atoms with E-state index >= 15 is 0 Å². The van der Waals surface area contributed by atoms with Crippen LogP contribution in [0.3, 0.4) is 0 Å². The molecule has 0 aliphatic carbocycles. The van der Waals surface area contributed by atoms with Gasteiger partial charge in [0.2, 0.25) is 0 Å². The third-order valence-electron chi connectivity index (χ3n) is 4.90. The first-order chi connectivity index (χ1) is 12.5. The Morgan fingerprint density at radius 1 is 1.38 bits per heavy atom. The topological polar surface area (TPSA) is 94.5 Å². The molecule has 0 aromatic carbocycles. The Bertz CT molecular complexity index is 656. The summed E-state index contributed by atoms with van der Waals surface area (Å²) < 4.78 is 5.30. The third-order valence-corrected chi connectivity index (χ3v) is 4.90. The smallest absolute Gasteiger partial charge is 0.410 e. The SMILES string of the molecule is CC(C)COC(=O)N1CC2C1CN2C1=N/C=C(/C(=O)NO)C=CCCC1. The lowest BCUT2D eigenvalue weighted by molar-refractivity contribution is -0.124. The Kier molecular flexibility index (Phi) is 5.61. The first-order valence-electron chi connectivity index (χ1n) is 9.09. The van der Waals surface area contributed by atoms with Gasteiger partial charge in [0, 0.05) is 25.7 Å². The maximum atomic E-state index is 12.1. The number of amidine groups is 1. The van der Waals surface area contributed by atoms with Gasteiger partial charge in [-0.2, -0.15) is 0 Å². The molecule has 142 valence electrons. The van der Waals surface area contributed by atoms with Crippen LogP contribution in [0.5, 0.6) is 0 Å². The molecule has 0 radical (unpaired) electrons. The first-order valence-corrected chi connectivity index (χ1v) is 9.09. The molecule has 3 rings (SSSR count). The number of carbonyl (C=O) groups excluding carboxylic acids is 2. The van der Waals surface area contributed by atoms with E-state index < -0.39 is 5.91 Å². The summed E-state index contributed by atoms with van der Waals surface area (Å²) in [6.45, 7) is 5.85. The molecule has 2 N–H and O–H groups in total. The zero-order valence-electron chi connectivity index (χ0n) is 15.2. The number of amides is 2. The molecular weight excluding hydrogens is 336 g/mol. The van der Waals surface area contributed by atoms with Crippen molar-refractivity contribution < 1.29 is 19.5 Å². The van der Waals surface area contributed by atoms with E-state index in [0.29, 0.717) is 24.6 Å². The van der Waals surface area contributed by atoms with Gasteiger partial charge in [-0.3, -0.25) is 14.9 Å². The standard InChI is InChI=1S/C18H26N4O4/c1-12(2)11-26-18(24)22-10-14-15(22)9-21(14)16-7-5-3-4-6-13(8-19-16)17(23)20-25/h4,6,8,12,14-15,25H,3,5,7,9-11H2,1-2H3,(H,20,23)/b6-4?,13-8+,19-16?. The predicted octanol–water partition coefficient (Wildman–Crippen LogP) is 1.68. The summed E-state index contributed by atoms with van der Waals surface area (Å²) >= 11 is 0. The third kappa shape index (κ3) is 3.75. The fourth-order valence-corrected chi connectivity index (χ4v) is 3.34. The second-order valence-electron chi connectivity index (χ2n) is 7.28. The van der Waals surface area contributed by atoms with Crippen LogP contribution in [0.4, 0.5) is 4.79 Å². The molecule has 2 fully saturated rings. The first kappa shape index (κ1) is 18.4. The molecule has 8 heteroatoms. The van der Waals surface area contributed by atoms with Gasteiger partial charge >= 0.3 is 6.09 Å². The van der Waals surface area contributed by atoms with Crippen molar-refractivity contribution in [2.24, 2.45) is 10.9 Å². The van der Waals surface area contributed by atoms with Crippen molar-refractivity contribution in [3.63, 3.8) is 0 Å². The van der Waals surface area contributed by atoms with Gasteiger partial charge in [0.15, 0.2) is 0 Å². The highest BCUT2D eigenvalue weighted by atomic mass is 16.6. The van der Waals surface area contributed by atoms with E-state index in [4.69, 9.17) is 9.94 Å². The summed E-state index contributed by atoms with van der Waals surface area (Å²) in [5.74, 6) is 0.677. The van der Waals surface area contributed by atoms with Crippen molar-refractivity contribution in [1.29, 1.82) is 0 Å². The Labute approximate surface area is 153 Å². The molecule has 3 aliphatic rings. The van der Waals surface area contributed by atoms with E-state index in [0.717, 1.165) is 31.6 Å². The van der Waals surface area contributed by atoms with Crippen molar-refractivity contribution in [2.75, 3.05) is 19.7 Å². The minimum Gasteiger partial charge on any atom is -0.449 e. The number of fused-ring (bicyclic) bond motifs is 1. The van der Waals surface area contributed by atoms with Crippen LogP contribution in [0.1, 0.15) is 33.1 Å². The number of allylic oxidation sites excluding steroid dienone is 1. The zero-order chi connectivity index (χ0) is 18.7. The van der Waals surface area contributed by atoms with Crippen molar-refractivity contribution in [3.05, 3.63) is 23.9 Å². The van der Waals surface area contributed by atoms with E-state index in [1.165, 1.54) is 6.20 Å². The van der Waals surface area contributed by atoms with Crippen LogP contribution in [0.15, 0.2) is 28.9 Å². The number of rotatable bonds is 3. The predicted molar refractivity (Wildman–Crippen MR) is 95.6 cm³/mol. The molecule has 26 heavy (non-hydrogen) atoms. The summed E-state index contributed by atoms with van der Waals surface area (Å²) in [6.07, 6.45) is 7.43. The largest absolute Gasteiger partial charge is 0.449 e. The number of nitrogens with one attached hydrogen (secondary N) is 1. The van der Waals surface area contributed by atoms with Crippen molar-refractivity contribution in [1.82, 2.24) is 15.3 Å².